The van der Waals surface area contributed by atoms with Gasteiger partial charge in [-0.25, -0.2) is 5.06 Å². The maximum Gasteiger partial charge on any atom is 0.195 e. The van der Waals surface area contributed by atoms with Gasteiger partial charge >= 0.3 is 0 Å². The third-order valence-electron chi connectivity index (χ3n) is 3.54. The van der Waals surface area contributed by atoms with Crippen LogP contribution in [0, 0.1) is 0 Å². The molecule has 0 amide bonds. The van der Waals surface area contributed by atoms with Gasteiger partial charge in [0.2, 0.25) is 0 Å². The predicted molar refractivity (Wildman–Crippen MR) is 74.8 cm³/mol. The van der Waals surface area contributed by atoms with Crippen molar-refractivity contribution in [2.24, 2.45) is 10.2 Å². The van der Waals surface area contributed by atoms with Crippen molar-refractivity contribution in [3.8, 4) is 5.75 Å². The Hall–Kier alpha value is -1.30. The van der Waals surface area contributed by atoms with Gasteiger partial charge in [0.15, 0.2) is 6.17 Å². The molecule has 0 saturated carbocycles. The molecule has 2 aliphatic rings. The molecule has 106 valence electrons. The smallest absolute Gasteiger partial charge is 0.195 e. The van der Waals surface area contributed by atoms with E-state index in [1.165, 1.54) is 12.1 Å². The van der Waals surface area contributed by atoms with Crippen LogP contribution in [0.5, 0.6) is 5.75 Å². The highest BCUT2D eigenvalue weighted by Gasteiger charge is 2.31. The summed E-state index contributed by atoms with van der Waals surface area (Å²) >= 11 is 11.9. The molecule has 0 spiro atoms. The molecule has 0 aromatic heterocycles. The van der Waals surface area contributed by atoms with E-state index in [1.54, 1.807) is 0 Å². The average molecular weight is 314 g/mol. The van der Waals surface area contributed by atoms with E-state index >= 15 is 0 Å². The maximum absolute atomic E-state index is 10.3. The first-order valence-electron chi connectivity index (χ1n) is 6.37. The summed E-state index contributed by atoms with van der Waals surface area (Å²) in [6.07, 6.45) is 2.79. The van der Waals surface area contributed by atoms with E-state index in [0.29, 0.717) is 10.6 Å². The largest absolute Gasteiger partial charge is 0.506 e. The Morgan fingerprint density at radius 1 is 1.20 bits per heavy atom. The van der Waals surface area contributed by atoms with Crippen LogP contribution in [0.3, 0.4) is 0 Å². The minimum Gasteiger partial charge on any atom is -0.506 e. The predicted octanol–water partition coefficient (Wildman–Crippen LogP) is 4.64. The van der Waals surface area contributed by atoms with Crippen molar-refractivity contribution < 1.29 is 10.3 Å². The molecule has 3 rings (SSSR count). The number of halogens is 2. The summed E-state index contributed by atoms with van der Waals surface area (Å²) in [5.41, 5.74) is 1.90. The van der Waals surface area contributed by atoms with Crippen molar-refractivity contribution in [3.63, 3.8) is 0 Å². The molecular weight excluding hydrogens is 301 g/mol. The normalized spacial score (nSPS) is 22.1. The Balaban J connectivity index is 2.01. The molecule has 1 heterocycles. The highest BCUT2D eigenvalue weighted by molar-refractivity contribution is 6.35. The standard InChI is InChI=1S/C13H13Cl2N3O2/c14-7-5-8(12(19)9(15)6-7)13-17-16-10-3-1-2-4-11(10)18(13)20/h5-6,13,19-20H,1-4H2. The van der Waals surface area contributed by atoms with Crippen molar-refractivity contribution in [1.29, 1.82) is 0 Å². The summed E-state index contributed by atoms with van der Waals surface area (Å²) in [7, 11) is 0. The molecule has 2 N–H and O–H groups in total. The molecule has 5 nitrogen and oxygen atoms in total. The van der Waals surface area contributed by atoms with Gasteiger partial charge in [-0.2, -0.15) is 10.2 Å². The van der Waals surface area contributed by atoms with Crippen LogP contribution in [0.25, 0.3) is 0 Å². The van der Waals surface area contributed by atoms with Gasteiger partial charge in [0.25, 0.3) is 0 Å². The number of hydrogen-bond acceptors (Lipinski definition) is 5. The zero-order valence-corrected chi connectivity index (χ0v) is 12.1. The number of hydroxylamine groups is 2. The van der Waals surface area contributed by atoms with Crippen molar-refractivity contribution in [2.75, 3.05) is 0 Å². The van der Waals surface area contributed by atoms with E-state index in [9.17, 15) is 10.3 Å². The molecule has 0 radical (unpaired) electrons. The van der Waals surface area contributed by atoms with Crippen molar-refractivity contribution in [2.45, 2.75) is 31.8 Å². The van der Waals surface area contributed by atoms with E-state index in [2.05, 4.69) is 10.2 Å². The van der Waals surface area contributed by atoms with Gasteiger partial charge in [-0.05, 0) is 37.8 Å². The first-order chi connectivity index (χ1) is 9.58. The van der Waals surface area contributed by atoms with Gasteiger partial charge in [-0.1, -0.05) is 23.2 Å². The molecule has 0 bridgehead atoms. The van der Waals surface area contributed by atoms with Crippen LogP contribution in [0.4, 0.5) is 0 Å². The number of rotatable bonds is 1. The molecule has 1 unspecified atom stereocenters. The lowest BCUT2D eigenvalue weighted by Gasteiger charge is -2.32. The van der Waals surface area contributed by atoms with Crippen LogP contribution in [-0.2, 0) is 0 Å². The molecule has 1 aliphatic carbocycles. The minimum absolute atomic E-state index is 0.125. The summed E-state index contributed by atoms with van der Waals surface area (Å²) in [5, 5.41) is 30.2. The van der Waals surface area contributed by atoms with E-state index in [4.69, 9.17) is 23.2 Å². The monoisotopic (exact) mass is 313 g/mol. The van der Waals surface area contributed by atoms with E-state index in [0.717, 1.165) is 42.1 Å². The number of azo groups is 1. The Bertz CT molecular complexity index is 616. The molecular formula is C13H13Cl2N3O2. The minimum atomic E-state index is -0.817. The number of benzene rings is 1. The maximum atomic E-state index is 10.3. The first kappa shape index (κ1) is 13.7. The van der Waals surface area contributed by atoms with Gasteiger partial charge in [0.05, 0.1) is 16.4 Å². The number of aromatic hydroxyl groups is 1. The Kier molecular flexibility index (Phi) is 3.58. The number of phenolic OH excluding ortho intramolecular Hbond substituents is 1. The Morgan fingerprint density at radius 2 is 1.95 bits per heavy atom. The van der Waals surface area contributed by atoms with Crippen molar-refractivity contribution >= 4 is 23.2 Å². The van der Waals surface area contributed by atoms with E-state index < -0.39 is 6.17 Å². The fourth-order valence-corrected chi connectivity index (χ4v) is 3.03. The molecule has 20 heavy (non-hydrogen) atoms. The quantitative estimate of drug-likeness (QED) is 0.793. The second-order valence-electron chi connectivity index (χ2n) is 4.86. The molecule has 1 aliphatic heterocycles. The van der Waals surface area contributed by atoms with Gasteiger partial charge < -0.3 is 5.11 Å². The van der Waals surface area contributed by atoms with Gasteiger partial charge in [0.1, 0.15) is 5.75 Å². The van der Waals surface area contributed by atoms with E-state index in [-0.39, 0.29) is 10.8 Å². The molecule has 0 fully saturated rings. The average Bonchev–Trinajstić information content (AvgIpc) is 2.44. The van der Waals surface area contributed by atoms with Crippen LogP contribution < -0.4 is 0 Å². The van der Waals surface area contributed by atoms with Crippen LogP contribution in [0.15, 0.2) is 33.8 Å². The summed E-state index contributed by atoms with van der Waals surface area (Å²) < 4.78 is 0. The van der Waals surface area contributed by atoms with E-state index in [1.807, 2.05) is 0 Å². The second-order valence-corrected chi connectivity index (χ2v) is 5.70. The van der Waals surface area contributed by atoms with Crippen molar-refractivity contribution in [1.82, 2.24) is 5.06 Å². The fraction of sp³-hybridized carbons (Fsp3) is 0.385. The van der Waals surface area contributed by atoms with Crippen molar-refractivity contribution in [3.05, 3.63) is 39.1 Å². The molecule has 7 heteroatoms. The van der Waals surface area contributed by atoms with Crippen LogP contribution in [0.1, 0.15) is 37.4 Å². The molecule has 0 saturated heterocycles. The molecule has 1 aromatic carbocycles. The third-order valence-corrected chi connectivity index (χ3v) is 4.05. The zero-order chi connectivity index (χ0) is 14.3. The zero-order valence-electron chi connectivity index (χ0n) is 10.6. The topological polar surface area (TPSA) is 68.4 Å². The lowest BCUT2D eigenvalue weighted by Crippen LogP contribution is -2.28. The number of nitrogens with zero attached hydrogens (tertiary/aromatic N) is 3. The summed E-state index contributed by atoms with van der Waals surface area (Å²) in [4.78, 5) is 0. The highest BCUT2D eigenvalue weighted by Crippen LogP contribution is 2.42. The molecule has 1 atom stereocenters. The SMILES string of the molecule is Oc1c(Cl)cc(Cl)cc1C1N=NC2=C(CCCC2)N1O. The van der Waals surface area contributed by atoms with Gasteiger partial charge in [-0.3, -0.25) is 5.21 Å². The van der Waals surface area contributed by atoms with Crippen LogP contribution >= 0.6 is 23.2 Å². The second kappa shape index (κ2) is 5.24. The lowest BCUT2D eigenvalue weighted by atomic mass is 10.00. The number of allylic oxidation sites excluding steroid dienone is 2. The summed E-state index contributed by atoms with van der Waals surface area (Å²) in [6.45, 7) is 0. The number of phenols is 1. The van der Waals surface area contributed by atoms with Crippen LogP contribution in [0.2, 0.25) is 10.0 Å². The highest BCUT2D eigenvalue weighted by atomic mass is 35.5. The van der Waals surface area contributed by atoms with Gasteiger partial charge in [-0.15, -0.1) is 0 Å². The third kappa shape index (κ3) is 2.26. The molecule has 1 aromatic rings. The van der Waals surface area contributed by atoms with Gasteiger partial charge in [0, 0.05) is 10.6 Å². The summed E-state index contributed by atoms with van der Waals surface area (Å²) in [6, 6.07) is 2.97. The Morgan fingerprint density at radius 3 is 2.75 bits per heavy atom. The lowest BCUT2D eigenvalue weighted by molar-refractivity contribution is -0.104. The first-order valence-corrected chi connectivity index (χ1v) is 7.12. The van der Waals surface area contributed by atoms with Crippen LogP contribution in [-0.4, -0.2) is 15.4 Å². The Labute approximate surface area is 126 Å². The summed E-state index contributed by atoms with van der Waals surface area (Å²) in [5.74, 6) is -0.140. The fourth-order valence-electron chi connectivity index (χ4n) is 2.53. The number of hydrogen-bond donors (Lipinski definition) is 2.